The monoisotopic (exact) mass is 267 g/mol. The second-order valence-electron chi connectivity index (χ2n) is 7.20. The molecule has 2 fully saturated rings. The van der Waals surface area contributed by atoms with Gasteiger partial charge in [-0.1, -0.05) is 20.8 Å². The van der Waals surface area contributed by atoms with Gasteiger partial charge in [-0.05, 0) is 68.7 Å². The average Bonchev–Trinajstić information content (AvgIpc) is 2.86. The molecule has 2 aliphatic rings. The van der Waals surface area contributed by atoms with Gasteiger partial charge in [-0.2, -0.15) is 0 Å². The first-order valence-electron chi connectivity index (χ1n) is 8.50. The minimum absolute atomic E-state index is 0.733. The Balaban J connectivity index is 1.90. The first-order valence-corrected chi connectivity index (χ1v) is 8.50. The topological polar surface area (TPSA) is 21.3 Å². The van der Waals surface area contributed by atoms with Crippen LogP contribution in [0.15, 0.2) is 0 Å². The van der Waals surface area contributed by atoms with Gasteiger partial charge in [0.15, 0.2) is 0 Å². The lowest BCUT2D eigenvalue weighted by Gasteiger charge is -2.38. The van der Waals surface area contributed by atoms with Crippen molar-refractivity contribution in [1.82, 2.24) is 5.32 Å². The summed E-state index contributed by atoms with van der Waals surface area (Å²) in [6.45, 7) is 10.3. The molecular weight excluding hydrogens is 234 g/mol. The zero-order chi connectivity index (χ0) is 13.7. The molecule has 1 N–H and O–H groups in total. The first-order chi connectivity index (χ1) is 9.19. The van der Waals surface area contributed by atoms with E-state index in [1.54, 1.807) is 0 Å². The Labute approximate surface area is 119 Å². The lowest BCUT2D eigenvalue weighted by molar-refractivity contribution is 0.148. The molecule has 2 nitrogen and oxygen atoms in total. The Morgan fingerprint density at radius 2 is 1.89 bits per heavy atom. The molecule has 0 aromatic rings. The molecule has 1 aliphatic heterocycles. The van der Waals surface area contributed by atoms with E-state index in [1.165, 1.54) is 45.1 Å². The maximum Gasteiger partial charge on any atom is 0.0495 e. The van der Waals surface area contributed by atoms with E-state index in [4.69, 9.17) is 4.74 Å². The zero-order valence-electron chi connectivity index (χ0n) is 13.2. The van der Waals surface area contributed by atoms with Crippen molar-refractivity contribution in [1.29, 1.82) is 0 Å². The fourth-order valence-electron chi connectivity index (χ4n) is 4.24. The number of nitrogens with one attached hydrogen (secondary N) is 1. The van der Waals surface area contributed by atoms with Gasteiger partial charge in [-0.15, -0.1) is 0 Å². The summed E-state index contributed by atoms with van der Waals surface area (Å²) in [4.78, 5) is 0. The quantitative estimate of drug-likeness (QED) is 0.789. The second-order valence-corrected chi connectivity index (χ2v) is 7.20. The molecular formula is C17H33NO. The lowest BCUT2D eigenvalue weighted by Crippen LogP contribution is -2.41. The van der Waals surface area contributed by atoms with Crippen LogP contribution in [0.4, 0.5) is 0 Å². The van der Waals surface area contributed by atoms with Crippen LogP contribution in [0, 0.1) is 23.7 Å². The molecule has 0 aromatic heterocycles. The maximum absolute atomic E-state index is 5.56. The van der Waals surface area contributed by atoms with Gasteiger partial charge in [0.1, 0.15) is 0 Å². The van der Waals surface area contributed by atoms with Gasteiger partial charge in [-0.3, -0.25) is 0 Å². The molecule has 4 atom stereocenters. The molecule has 112 valence electrons. The molecule has 1 aliphatic carbocycles. The van der Waals surface area contributed by atoms with Crippen LogP contribution in [0.1, 0.15) is 59.3 Å². The first kappa shape index (κ1) is 15.3. The molecule has 4 unspecified atom stereocenters. The molecule has 1 saturated heterocycles. The maximum atomic E-state index is 5.56. The van der Waals surface area contributed by atoms with E-state index in [-0.39, 0.29) is 0 Å². The third kappa shape index (κ3) is 4.75. The molecule has 1 heterocycles. The van der Waals surface area contributed by atoms with Crippen LogP contribution in [0.3, 0.4) is 0 Å². The van der Waals surface area contributed by atoms with Gasteiger partial charge < -0.3 is 10.1 Å². The van der Waals surface area contributed by atoms with Crippen molar-refractivity contribution in [3.05, 3.63) is 0 Å². The number of ether oxygens (including phenoxy) is 1. The summed E-state index contributed by atoms with van der Waals surface area (Å²) in [6, 6.07) is 0.733. The van der Waals surface area contributed by atoms with Crippen LogP contribution in [-0.2, 0) is 4.74 Å². The van der Waals surface area contributed by atoms with Gasteiger partial charge in [0, 0.05) is 19.3 Å². The number of hydrogen-bond acceptors (Lipinski definition) is 2. The minimum Gasteiger partial charge on any atom is -0.381 e. The Kier molecular flexibility index (Phi) is 6.15. The van der Waals surface area contributed by atoms with Crippen molar-refractivity contribution in [2.24, 2.45) is 23.7 Å². The van der Waals surface area contributed by atoms with Gasteiger partial charge >= 0.3 is 0 Å². The van der Waals surface area contributed by atoms with Gasteiger partial charge in [0.2, 0.25) is 0 Å². The molecule has 2 rings (SSSR count). The molecule has 19 heavy (non-hydrogen) atoms. The summed E-state index contributed by atoms with van der Waals surface area (Å²) in [5.41, 5.74) is 0. The fraction of sp³-hybridized carbons (Fsp3) is 1.00. The van der Waals surface area contributed by atoms with E-state index in [0.29, 0.717) is 0 Å². The molecule has 0 aromatic carbocycles. The van der Waals surface area contributed by atoms with Gasteiger partial charge in [0.05, 0.1) is 0 Å². The fourth-order valence-corrected chi connectivity index (χ4v) is 4.24. The molecule has 2 heteroatoms. The van der Waals surface area contributed by atoms with Crippen molar-refractivity contribution in [2.45, 2.75) is 65.3 Å². The normalized spacial score (nSPS) is 37.4. The van der Waals surface area contributed by atoms with E-state index in [2.05, 4.69) is 26.1 Å². The SMILES string of the molecule is CCCNC(CC1CCOC1)C1CC(C)CC(C)C1. The van der Waals surface area contributed by atoms with Crippen LogP contribution in [-0.4, -0.2) is 25.8 Å². The smallest absolute Gasteiger partial charge is 0.0495 e. The van der Waals surface area contributed by atoms with Crippen molar-refractivity contribution >= 4 is 0 Å². The number of hydrogen-bond donors (Lipinski definition) is 1. The molecule has 0 bridgehead atoms. The van der Waals surface area contributed by atoms with Crippen molar-refractivity contribution in [3.8, 4) is 0 Å². The highest BCUT2D eigenvalue weighted by Crippen LogP contribution is 2.36. The Hall–Kier alpha value is -0.0800. The molecule has 0 amide bonds. The standard InChI is InChI=1S/C17H33NO/c1-4-6-18-17(11-15-5-7-19-12-15)16-9-13(2)8-14(3)10-16/h13-18H,4-12H2,1-3H3. The van der Waals surface area contributed by atoms with Crippen LogP contribution in [0.5, 0.6) is 0 Å². The predicted molar refractivity (Wildman–Crippen MR) is 81.3 cm³/mol. The zero-order valence-corrected chi connectivity index (χ0v) is 13.2. The predicted octanol–water partition coefficient (Wildman–Crippen LogP) is 3.85. The van der Waals surface area contributed by atoms with Crippen LogP contribution in [0.2, 0.25) is 0 Å². The highest BCUT2D eigenvalue weighted by atomic mass is 16.5. The summed E-state index contributed by atoms with van der Waals surface area (Å²) in [7, 11) is 0. The Morgan fingerprint density at radius 1 is 1.16 bits per heavy atom. The van der Waals surface area contributed by atoms with E-state index in [1.807, 2.05) is 0 Å². The van der Waals surface area contributed by atoms with Gasteiger partial charge in [-0.25, -0.2) is 0 Å². The summed E-state index contributed by atoms with van der Waals surface area (Å²) in [6.07, 6.45) is 8.16. The molecule has 0 radical (unpaired) electrons. The van der Waals surface area contributed by atoms with E-state index in [0.717, 1.165) is 42.9 Å². The van der Waals surface area contributed by atoms with Crippen LogP contribution in [0.25, 0.3) is 0 Å². The Bertz CT molecular complexity index is 240. The van der Waals surface area contributed by atoms with Crippen molar-refractivity contribution in [3.63, 3.8) is 0 Å². The summed E-state index contributed by atoms with van der Waals surface area (Å²) >= 11 is 0. The van der Waals surface area contributed by atoms with E-state index in [9.17, 15) is 0 Å². The minimum atomic E-state index is 0.733. The highest BCUT2D eigenvalue weighted by Gasteiger charge is 2.31. The summed E-state index contributed by atoms with van der Waals surface area (Å²) < 4.78 is 5.56. The third-order valence-electron chi connectivity index (χ3n) is 5.05. The summed E-state index contributed by atoms with van der Waals surface area (Å²) in [5, 5.41) is 3.85. The molecule has 1 saturated carbocycles. The molecule has 0 spiro atoms. The van der Waals surface area contributed by atoms with Crippen molar-refractivity contribution in [2.75, 3.05) is 19.8 Å². The lowest BCUT2D eigenvalue weighted by atomic mass is 9.72. The second kappa shape index (κ2) is 7.64. The van der Waals surface area contributed by atoms with E-state index >= 15 is 0 Å². The van der Waals surface area contributed by atoms with Crippen LogP contribution < -0.4 is 5.32 Å². The third-order valence-corrected chi connectivity index (χ3v) is 5.05. The Morgan fingerprint density at radius 3 is 2.47 bits per heavy atom. The van der Waals surface area contributed by atoms with Gasteiger partial charge in [0.25, 0.3) is 0 Å². The van der Waals surface area contributed by atoms with Crippen molar-refractivity contribution < 1.29 is 4.74 Å². The number of rotatable bonds is 6. The van der Waals surface area contributed by atoms with Crippen LogP contribution >= 0.6 is 0 Å². The summed E-state index contributed by atoms with van der Waals surface area (Å²) in [5.74, 6) is 3.53. The average molecular weight is 267 g/mol. The highest BCUT2D eigenvalue weighted by molar-refractivity contribution is 4.86. The largest absolute Gasteiger partial charge is 0.381 e. The van der Waals surface area contributed by atoms with E-state index < -0.39 is 0 Å².